The lowest BCUT2D eigenvalue weighted by molar-refractivity contribution is -0.143. The topological polar surface area (TPSA) is 59.9 Å². The lowest BCUT2D eigenvalue weighted by Crippen LogP contribution is -2.77. The minimum absolute atomic E-state index is 0.0324. The largest absolute Gasteiger partial charge is 0.484 e. The highest BCUT2D eigenvalue weighted by Gasteiger charge is 2.71. The summed E-state index contributed by atoms with van der Waals surface area (Å²) in [5, 5.41) is 7.55. The molecule has 4 fully saturated rings. The molecule has 1 unspecified atom stereocenters. The van der Waals surface area contributed by atoms with E-state index in [4.69, 9.17) is 21.2 Å². The number of ether oxygens (including phenoxy) is 1. The molecule has 7 heteroatoms. The number of carbonyl (C=O) groups is 1. The van der Waals surface area contributed by atoms with E-state index in [2.05, 4.69) is 10.5 Å². The first-order valence-electron chi connectivity index (χ1n) is 10.1. The van der Waals surface area contributed by atoms with Crippen molar-refractivity contribution in [3.8, 4) is 5.75 Å². The first-order valence-corrected chi connectivity index (χ1v) is 10.5. The average Bonchev–Trinajstić information content (AvgIpc) is 3.29. The zero-order valence-corrected chi connectivity index (χ0v) is 16.4. The summed E-state index contributed by atoms with van der Waals surface area (Å²) in [7, 11) is 0. The zero-order valence-electron chi connectivity index (χ0n) is 15.7. The van der Waals surface area contributed by atoms with Crippen LogP contribution in [0.25, 0.3) is 0 Å². The maximum absolute atomic E-state index is 13.4. The van der Waals surface area contributed by atoms with Gasteiger partial charge in [-0.1, -0.05) is 29.6 Å². The summed E-state index contributed by atoms with van der Waals surface area (Å²) in [5.74, 6) is 0.215. The van der Waals surface area contributed by atoms with Crippen molar-refractivity contribution in [2.24, 2.45) is 16.5 Å². The predicted molar refractivity (Wildman–Crippen MR) is 103 cm³/mol. The van der Waals surface area contributed by atoms with Gasteiger partial charge in [0.25, 0.3) is 5.91 Å². The molecule has 1 aliphatic heterocycles. The monoisotopic (exact) mass is 406 g/mol. The van der Waals surface area contributed by atoms with Crippen LogP contribution in [-0.2, 0) is 9.63 Å². The van der Waals surface area contributed by atoms with Crippen molar-refractivity contribution in [1.82, 2.24) is 5.32 Å². The first kappa shape index (κ1) is 18.2. The van der Waals surface area contributed by atoms with E-state index in [0.29, 0.717) is 11.7 Å². The third-order valence-electron chi connectivity index (χ3n) is 6.93. The number of halogens is 2. The number of benzene rings is 1. The highest BCUT2D eigenvalue weighted by atomic mass is 35.5. The quantitative estimate of drug-likeness (QED) is 0.769. The Labute approximate surface area is 168 Å². The number of rotatable bonds is 6. The Kier molecular flexibility index (Phi) is 4.30. The van der Waals surface area contributed by atoms with Gasteiger partial charge in [-0.15, -0.1) is 0 Å². The molecule has 150 valence electrons. The average molecular weight is 407 g/mol. The normalized spacial score (nSPS) is 33.5. The molecule has 0 saturated heterocycles. The summed E-state index contributed by atoms with van der Waals surface area (Å²) in [6, 6.07) is 4.15. The molecule has 0 spiro atoms. The number of amides is 1. The summed E-state index contributed by atoms with van der Waals surface area (Å²) < 4.78 is 18.8. The Bertz CT molecular complexity index is 817. The Morgan fingerprint density at radius 3 is 2.79 bits per heavy atom. The molecule has 0 aromatic heterocycles. The van der Waals surface area contributed by atoms with Gasteiger partial charge >= 0.3 is 0 Å². The predicted octanol–water partition coefficient (Wildman–Crippen LogP) is 4.23. The summed E-state index contributed by atoms with van der Waals surface area (Å²) in [5.41, 5.74) is 1.22. The van der Waals surface area contributed by atoms with E-state index < -0.39 is 5.82 Å². The van der Waals surface area contributed by atoms with Crippen LogP contribution in [0, 0.1) is 17.2 Å². The highest BCUT2D eigenvalue weighted by molar-refractivity contribution is 6.30. The molecule has 28 heavy (non-hydrogen) atoms. The van der Waals surface area contributed by atoms with Crippen molar-refractivity contribution < 1.29 is 18.8 Å². The molecule has 1 aromatic carbocycles. The van der Waals surface area contributed by atoms with E-state index in [9.17, 15) is 9.18 Å². The van der Waals surface area contributed by atoms with E-state index in [0.717, 1.165) is 25.7 Å². The molecule has 0 radical (unpaired) electrons. The van der Waals surface area contributed by atoms with Crippen molar-refractivity contribution >= 4 is 23.2 Å². The standard InChI is InChI=1S/C21H24ClFN2O3/c22-15-6-5-14(7-16(15)23)27-9-19(26)24-21-10-20(11-21,12-21)18-8-17(28-25-18)13-3-1-2-4-13/h5-7,13,17H,1-4,8-12H2,(H,24,26). The van der Waals surface area contributed by atoms with Crippen molar-refractivity contribution in [1.29, 1.82) is 0 Å². The second-order valence-electron chi connectivity index (χ2n) is 8.93. The van der Waals surface area contributed by atoms with E-state index in [1.807, 2.05) is 0 Å². The molecule has 1 amide bonds. The Hall–Kier alpha value is -1.82. The molecule has 5 aliphatic rings. The number of carbonyl (C=O) groups excluding carboxylic acids is 1. The third-order valence-corrected chi connectivity index (χ3v) is 7.23. The van der Waals surface area contributed by atoms with Gasteiger partial charge in [-0.3, -0.25) is 4.79 Å². The minimum atomic E-state index is -0.559. The first-order chi connectivity index (χ1) is 13.5. The van der Waals surface area contributed by atoms with Gasteiger partial charge in [0, 0.05) is 23.4 Å². The molecule has 1 heterocycles. The minimum Gasteiger partial charge on any atom is -0.484 e. The van der Waals surface area contributed by atoms with Gasteiger partial charge in [0.2, 0.25) is 0 Å². The second-order valence-corrected chi connectivity index (χ2v) is 9.34. The van der Waals surface area contributed by atoms with Gasteiger partial charge in [-0.05, 0) is 50.2 Å². The van der Waals surface area contributed by atoms with Gasteiger partial charge < -0.3 is 14.9 Å². The fourth-order valence-corrected chi connectivity index (χ4v) is 5.68. The van der Waals surface area contributed by atoms with E-state index in [-0.39, 0.29) is 34.6 Å². The second kappa shape index (κ2) is 6.61. The Balaban J connectivity index is 1.09. The fraction of sp³-hybridized carbons (Fsp3) is 0.619. The number of nitrogens with zero attached hydrogens (tertiary/aromatic N) is 1. The summed E-state index contributed by atoms with van der Waals surface area (Å²) in [6.07, 6.45) is 9.17. The van der Waals surface area contributed by atoms with Crippen LogP contribution in [-0.4, -0.2) is 29.9 Å². The number of hydrogen-bond acceptors (Lipinski definition) is 4. The fourth-order valence-electron chi connectivity index (χ4n) is 5.57. The van der Waals surface area contributed by atoms with E-state index in [1.165, 1.54) is 43.5 Å². The van der Waals surface area contributed by atoms with Gasteiger partial charge in [-0.25, -0.2) is 4.39 Å². The van der Waals surface area contributed by atoms with Crippen molar-refractivity contribution in [3.63, 3.8) is 0 Å². The Morgan fingerprint density at radius 1 is 1.32 bits per heavy atom. The van der Waals surface area contributed by atoms with E-state index >= 15 is 0 Å². The Morgan fingerprint density at radius 2 is 2.07 bits per heavy atom. The van der Waals surface area contributed by atoms with E-state index in [1.54, 1.807) is 6.07 Å². The molecule has 4 saturated carbocycles. The molecule has 1 atom stereocenters. The van der Waals surface area contributed by atoms with Gasteiger partial charge in [0.1, 0.15) is 17.7 Å². The van der Waals surface area contributed by atoms with Crippen LogP contribution < -0.4 is 10.1 Å². The molecular formula is C21H24ClFN2O3. The molecule has 1 aromatic rings. The van der Waals surface area contributed by atoms with Crippen LogP contribution in [0.5, 0.6) is 5.75 Å². The number of hydrogen-bond donors (Lipinski definition) is 1. The molecule has 4 aliphatic carbocycles. The van der Waals surface area contributed by atoms with Crippen LogP contribution in [0.3, 0.4) is 0 Å². The van der Waals surface area contributed by atoms with Crippen LogP contribution in [0.15, 0.2) is 23.4 Å². The molecule has 5 nitrogen and oxygen atoms in total. The van der Waals surface area contributed by atoms with Crippen molar-refractivity contribution in [3.05, 3.63) is 29.0 Å². The zero-order chi connectivity index (χ0) is 19.4. The maximum Gasteiger partial charge on any atom is 0.258 e. The van der Waals surface area contributed by atoms with Gasteiger partial charge in [0.05, 0.1) is 10.7 Å². The van der Waals surface area contributed by atoms with Crippen LogP contribution in [0.4, 0.5) is 4.39 Å². The lowest BCUT2D eigenvalue weighted by Gasteiger charge is -2.70. The molecular weight excluding hydrogens is 383 g/mol. The van der Waals surface area contributed by atoms with Crippen molar-refractivity contribution in [2.75, 3.05) is 6.61 Å². The van der Waals surface area contributed by atoms with Gasteiger partial charge in [-0.2, -0.15) is 0 Å². The lowest BCUT2D eigenvalue weighted by atomic mass is 9.37. The summed E-state index contributed by atoms with van der Waals surface area (Å²) in [4.78, 5) is 18.0. The molecule has 1 N–H and O–H groups in total. The SMILES string of the molecule is O=C(COc1ccc(Cl)c(F)c1)NC12CC(C3=NOC(C4CCCC4)C3)(C1)C2. The van der Waals surface area contributed by atoms with Crippen LogP contribution >= 0.6 is 11.6 Å². The van der Waals surface area contributed by atoms with Crippen molar-refractivity contribution in [2.45, 2.75) is 63.0 Å². The summed E-state index contributed by atoms with van der Waals surface area (Å²) in [6.45, 7) is -0.135. The third kappa shape index (κ3) is 3.06. The van der Waals surface area contributed by atoms with Crippen LogP contribution in [0.2, 0.25) is 5.02 Å². The van der Waals surface area contributed by atoms with Crippen LogP contribution in [0.1, 0.15) is 51.4 Å². The summed E-state index contributed by atoms with van der Waals surface area (Å²) >= 11 is 5.65. The smallest absolute Gasteiger partial charge is 0.258 e. The van der Waals surface area contributed by atoms with Gasteiger partial charge in [0.15, 0.2) is 6.61 Å². The molecule has 6 rings (SSSR count). The number of nitrogens with one attached hydrogen (secondary N) is 1. The number of oxime groups is 1. The highest BCUT2D eigenvalue weighted by Crippen LogP contribution is 2.68. The molecule has 2 bridgehead atoms. The maximum atomic E-state index is 13.4.